The van der Waals surface area contributed by atoms with Gasteiger partial charge in [0, 0.05) is 35.8 Å². The molecule has 0 bridgehead atoms. The van der Waals surface area contributed by atoms with E-state index < -0.39 is 0 Å². The summed E-state index contributed by atoms with van der Waals surface area (Å²) >= 11 is 1.52. The van der Waals surface area contributed by atoms with Crippen LogP contribution in [0.2, 0.25) is 0 Å². The zero-order valence-corrected chi connectivity index (χ0v) is 17.7. The van der Waals surface area contributed by atoms with Crippen molar-refractivity contribution < 1.29 is 13.9 Å². The zero-order valence-electron chi connectivity index (χ0n) is 16.9. The van der Waals surface area contributed by atoms with Crippen LogP contribution in [0.15, 0.2) is 47.4 Å². The molecule has 154 valence electrons. The summed E-state index contributed by atoms with van der Waals surface area (Å²) in [6, 6.07) is 12.7. The Labute approximate surface area is 175 Å². The van der Waals surface area contributed by atoms with Gasteiger partial charge in [-0.05, 0) is 49.6 Å². The summed E-state index contributed by atoms with van der Waals surface area (Å²) in [5.74, 6) is 0.480. The number of hydrogen-bond donors (Lipinski definition) is 1. The Hall–Kier alpha value is -1.89. The first-order valence-electron chi connectivity index (χ1n) is 10.2. The first-order valence-corrected chi connectivity index (χ1v) is 11.2. The molecule has 1 N–H and O–H groups in total. The number of ether oxygens (including phenoxy) is 1. The summed E-state index contributed by atoms with van der Waals surface area (Å²) in [6.45, 7) is 6.89. The number of amides is 1. The second kappa shape index (κ2) is 8.86. The van der Waals surface area contributed by atoms with Crippen molar-refractivity contribution in [1.82, 2.24) is 10.2 Å². The van der Waals surface area contributed by atoms with E-state index in [1.165, 1.54) is 23.4 Å². The number of hydrogen-bond acceptors (Lipinski definition) is 4. The minimum absolute atomic E-state index is 0.114. The number of nitrogens with one attached hydrogen (secondary N) is 1. The highest BCUT2D eigenvalue weighted by atomic mass is 32.2. The predicted octanol–water partition coefficient (Wildman–Crippen LogP) is 4.40. The predicted molar refractivity (Wildman–Crippen MR) is 114 cm³/mol. The number of thioether (sulfide) groups is 1. The highest BCUT2D eigenvalue weighted by Gasteiger charge is 2.25. The number of fused-ring (bicyclic) bond motifs is 1. The Morgan fingerprint density at radius 1 is 1.17 bits per heavy atom. The van der Waals surface area contributed by atoms with Crippen molar-refractivity contribution in [3.05, 3.63) is 65.0 Å². The van der Waals surface area contributed by atoms with Gasteiger partial charge in [0.25, 0.3) is 5.91 Å². The fraction of sp³-hybridized carbons (Fsp3) is 0.435. The van der Waals surface area contributed by atoms with Crippen LogP contribution in [0, 0.1) is 5.82 Å². The number of nitrogens with zero attached hydrogens (tertiary/aromatic N) is 1. The maximum atomic E-state index is 14.0. The van der Waals surface area contributed by atoms with Gasteiger partial charge < -0.3 is 10.1 Å². The molecule has 2 aliphatic rings. The van der Waals surface area contributed by atoms with Crippen molar-refractivity contribution in [3.63, 3.8) is 0 Å². The van der Waals surface area contributed by atoms with Crippen LogP contribution in [-0.2, 0) is 11.3 Å². The van der Waals surface area contributed by atoms with Crippen molar-refractivity contribution in [2.75, 3.05) is 18.8 Å². The Kier molecular flexibility index (Phi) is 6.23. The smallest absolute Gasteiger partial charge is 0.251 e. The van der Waals surface area contributed by atoms with Crippen LogP contribution < -0.4 is 5.32 Å². The topological polar surface area (TPSA) is 41.6 Å². The van der Waals surface area contributed by atoms with E-state index in [4.69, 9.17) is 4.74 Å². The Bertz CT molecular complexity index is 864. The summed E-state index contributed by atoms with van der Waals surface area (Å²) in [5.41, 5.74) is 2.69. The molecule has 4 rings (SSSR count). The molecule has 1 saturated heterocycles. The first-order chi connectivity index (χ1) is 14.0. The van der Waals surface area contributed by atoms with E-state index in [0.717, 1.165) is 37.4 Å². The van der Waals surface area contributed by atoms with Gasteiger partial charge in [-0.2, -0.15) is 0 Å². The number of halogens is 1. The van der Waals surface area contributed by atoms with Gasteiger partial charge in [0.1, 0.15) is 5.82 Å². The number of morpholine rings is 1. The molecule has 29 heavy (non-hydrogen) atoms. The molecule has 2 aromatic carbocycles. The van der Waals surface area contributed by atoms with Gasteiger partial charge >= 0.3 is 0 Å². The summed E-state index contributed by atoms with van der Waals surface area (Å²) in [7, 11) is 0. The fourth-order valence-electron chi connectivity index (χ4n) is 4.21. The van der Waals surface area contributed by atoms with Crippen LogP contribution in [0.4, 0.5) is 4.39 Å². The van der Waals surface area contributed by atoms with Crippen LogP contribution in [0.3, 0.4) is 0 Å². The normalized spacial score (nSPS) is 24.7. The second-order valence-electron chi connectivity index (χ2n) is 7.97. The van der Waals surface area contributed by atoms with Gasteiger partial charge in [-0.1, -0.05) is 24.3 Å². The number of rotatable bonds is 4. The number of carbonyl (C=O) groups excluding carboxylic acids is 1. The monoisotopic (exact) mass is 414 g/mol. The van der Waals surface area contributed by atoms with Gasteiger partial charge in [-0.15, -0.1) is 11.8 Å². The van der Waals surface area contributed by atoms with E-state index in [1.807, 2.05) is 30.3 Å². The highest BCUT2D eigenvalue weighted by molar-refractivity contribution is 7.99. The Morgan fingerprint density at radius 3 is 2.62 bits per heavy atom. The Balaban J connectivity index is 1.40. The second-order valence-corrected chi connectivity index (χ2v) is 9.07. The molecule has 0 spiro atoms. The molecule has 1 fully saturated rings. The maximum Gasteiger partial charge on any atom is 0.251 e. The minimum atomic E-state index is -0.206. The molecule has 2 aromatic rings. The summed E-state index contributed by atoms with van der Waals surface area (Å²) in [6.07, 6.45) is 1.29. The molecule has 4 nitrogen and oxygen atoms in total. The molecule has 3 atom stereocenters. The van der Waals surface area contributed by atoms with Crippen molar-refractivity contribution in [2.45, 2.75) is 50.0 Å². The quantitative estimate of drug-likeness (QED) is 0.805. The van der Waals surface area contributed by atoms with E-state index in [0.29, 0.717) is 10.5 Å². The van der Waals surface area contributed by atoms with Gasteiger partial charge in [0.05, 0.1) is 18.2 Å². The fourth-order valence-corrected chi connectivity index (χ4v) is 5.35. The third kappa shape index (κ3) is 4.82. The van der Waals surface area contributed by atoms with Crippen LogP contribution >= 0.6 is 11.8 Å². The molecule has 0 saturated carbocycles. The number of benzene rings is 2. The van der Waals surface area contributed by atoms with Crippen molar-refractivity contribution in [2.24, 2.45) is 0 Å². The van der Waals surface area contributed by atoms with E-state index in [2.05, 4.69) is 24.1 Å². The van der Waals surface area contributed by atoms with Gasteiger partial charge in [-0.25, -0.2) is 4.39 Å². The lowest BCUT2D eigenvalue weighted by Crippen LogP contribution is -2.44. The van der Waals surface area contributed by atoms with Crippen LogP contribution in [0.5, 0.6) is 0 Å². The molecule has 1 amide bonds. The molecule has 2 aliphatic heterocycles. The third-order valence-electron chi connectivity index (χ3n) is 5.45. The molecule has 3 unspecified atom stereocenters. The van der Waals surface area contributed by atoms with Gasteiger partial charge in [0.15, 0.2) is 0 Å². The average molecular weight is 415 g/mol. The highest BCUT2D eigenvalue weighted by Crippen LogP contribution is 2.37. The van der Waals surface area contributed by atoms with E-state index in [9.17, 15) is 9.18 Å². The molecule has 6 heteroatoms. The molecule has 0 radical (unpaired) electrons. The van der Waals surface area contributed by atoms with Crippen molar-refractivity contribution >= 4 is 17.7 Å². The number of carbonyl (C=O) groups is 1. The average Bonchev–Trinajstić information content (AvgIpc) is 2.68. The third-order valence-corrected chi connectivity index (χ3v) is 6.61. The first kappa shape index (κ1) is 20.4. The maximum absolute atomic E-state index is 14.0. The van der Waals surface area contributed by atoms with E-state index >= 15 is 0 Å². The molecule has 0 aliphatic carbocycles. The van der Waals surface area contributed by atoms with Crippen LogP contribution in [0.1, 0.15) is 47.8 Å². The summed E-state index contributed by atoms with van der Waals surface area (Å²) in [4.78, 5) is 15.8. The lowest BCUT2D eigenvalue weighted by Gasteiger charge is -2.35. The van der Waals surface area contributed by atoms with Crippen molar-refractivity contribution in [3.8, 4) is 0 Å². The van der Waals surface area contributed by atoms with Gasteiger partial charge in [-0.3, -0.25) is 9.69 Å². The summed E-state index contributed by atoms with van der Waals surface area (Å²) in [5, 5.41) is 3.09. The lowest BCUT2D eigenvalue weighted by atomic mass is 10.0. The SMILES string of the molecule is CC1CN(Cc2ccc(C(=O)NC3CCSc4c(F)cccc43)cc2)CC(C)O1. The van der Waals surface area contributed by atoms with E-state index in [-0.39, 0.29) is 30.0 Å². The minimum Gasteiger partial charge on any atom is -0.373 e. The standard InChI is InChI=1S/C23H27FN2O2S/c1-15-12-26(13-16(2)28-15)14-17-6-8-18(9-7-17)23(27)25-21-10-11-29-22-19(21)4-3-5-20(22)24/h3-9,15-16,21H,10-14H2,1-2H3,(H,25,27). The van der Waals surface area contributed by atoms with Crippen LogP contribution in [-0.4, -0.2) is 41.9 Å². The zero-order chi connectivity index (χ0) is 20.4. The van der Waals surface area contributed by atoms with Gasteiger partial charge in [0.2, 0.25) is 0 Å². The Morgan fingerprint density at radius 2 is 1.90 bits per heavy atom. The molecular weight excluding hydrogens is 387 g/mol. The van der Waals surface area contributed by atoms with Crippen molar-refractivity contribution in [1.29, 1.82) is 0 Å². The van der Waals surface area contributed by atoms with E-state index in [1.54, 1.807) is 6.07 Å². The van der Waals surface area contributed by atoms with Crippen LogP contribution in [0.25, 0.3) is 0 Å². The molecule has 2 heterocycles. The summed E-state index contributed by atoms with van der Waals surface area (Å²) < 4.78 is 19.8. The largest absolute Gasteiger partial charge is 0.373 e. The molecule has 0 aromatic heterocycles. The molecular formula is C23H27FN2O2S. The lowest BCUT2D eigenvalue weighted by molar-refractivity contribution is -0.0704.